The quantitative estimate of drug-likeness (QED) is 0.0802. The molecular formula is C45H63BF3N13O8Y. The number of imidazole rings is 1. The third-order valence-corrected chi connectivity index (χ3v) is 11.5. The summed E-state index contributed by atoms with van der Waals surface area (Å²) in [5, 5.41) is 9.49. The van der Waals surface area contributed by atoms with Crippen molar-refractivity contribution >= 4 is 72.6 Å². The number of carbonyl (C=O) groups is 7. The van der Waals surface area contributed by atoms with Crippen LogP contribution in [0.4, 0.5) is 33.2 Å². The van der Waals surface area contributed by atoms with Crippen LogP contribution in [-0.4, -0.2) is 174 Å². The molecule has 1 aromatic carbocycles. The first-order valence-electron chi connectivity index (χ1n) is 22.9. The fourth-order valence-electron chi connectivity index (χ4n) is 7.76. The number of hydrogen-bond donors (Lipinski definition) is 5. The first-order valence-corrected chi connectivity index (χ1v) is 22.9. The molecule has 3 radical (unpaired) electrons. The molecule has 6 rings (SSSR count). The van der Waals surface area contributed by atoms with Gasteiger partial charge < -0.3 is 51.1 Å². The van der Waals surface area contributed by atoms with Crippen LogP contribution in [0.2, 0.25) is 0 Å². The van der Waals surface area contributed by atoms with E-state index in [0.717, 1.165) is 25.1 Å². The molecule has 7 amide bonds. The number of alkyl halides is 3. The van der Waals surface area contributed by atoms with Crippen molar-refractivity contribution in [3.05, 3.63) is 60.2 Å². The number of nitrogens with one attached hydrogen (secondary N) is 4. The second kappa shape index (κ2) is 28.4. The number of ether oxygens (including phenoxy) is 1. The number of likely N-dealkylation sites (tertiary alicyclic amines) is 2. The molecule has 0 spiro atoms. The van der Waals surface area contributed by atoms with Crippen LogP contribution in [0.3, 0.4) is 0 Å². The first-order chi connectivity index (χ1) is 33.2. The maximum Gasteiger partial charge on any atom is 0.409 e. The summed E-state index contributed by atoms with van der Waals surface area (Å²) in [6.07, 6.45) is 3.80. The molecule has 71 heavy (non-hydrogen) atoms. The standard InChI is InChI=1S/C38H48F3N11O6.C4H7BN2O2.C3H8.Y/c1-5-25-20-50(35(55)45-23-38(39,40)41)21-27(25)30-17-42-31-18-43-33-28(52(30)31)12-14-51(33)36(56)48(3)15-16-49(4)37(57)58-22-24-8-10-26(11-9-24)46-32(53)19-44-34(54)29-7-6-13-47(29)2;5-7-3(2-8)1-4(6)9;1-3-2;/h8-12,14,17-18,25,27,29H,5-7,13,15-16,19-23H2,1-4H3,(H,44,54)(H,45,55)(H,46,53);2-3,7H,1H2,(H2,6,9);3H2,1-2H3;. The van der Waals surface area contributed by atoms with Crippen LogP contribution in [0.25, 0.3) is 16.8 Å². The van der Waals surface area contributed by atoms with Gasteiger partial charge in [0.25, 0.3) is 0 Å². The van der Waals surface area contributed by atoms with Gasteiger partial charge in [0.15, 0.2) is 19.3 Å². The van der Waals surface area contributed by atoms with E-state index in [0.29, 0.717) is 40.8 Å². The number of aldehydes is 1. The molecule has 0 aliphatic carbocycles. The number of rotatable bonds is 16. The zero-order chi connectivity index (χ0) is 51.7. The average molecular weight is 1070 g/mol. The van der Waals surface area contributed by atoms with E-state index < -0.39 is 42.8 Å². The monoisotopic (exact) mass is 1070 g/mol. The number of benzene rings is 1. The number of hydrogen-bond acceptors (Lipinski definition) is 12. The molecule has 4 atom stereocenters. The average Bonchev–Trinajstić information content (AvgIpc) is 4.16. The van der Waals surface area contributed by atoms with Crippen LogP contribution in [-0.2, 0) is 63.2 Å². The van der Waals surface area contributed by atoms with Crippen LogP contribution in [0.5, 0.6) is 0 Å². The zero-order valence-electron chi connectivity index (χ0n) is 40.9. The SMILES string of the molecule is CCC.CCC1CN(C(=O)NCC(F)(F)F)CC1c1cnc2cnc3c(ccn3C(=O)N(C)CCN(C)C(=O)OCc3ccc(NC(=O)CNC(=O)C4CCCN4C)cc3)n12.[B]NC(C=O)CC(N)=O.[Y]. The van der Waals surface area contributed by atoms with E-state index in [-0.39, 0.29) is 108 Å². The van der Waals surface area contributed by atoms with Gasteiger partial charge in [0.05, 0.1) is 30.3 Å². The molecular weight excluding hydrogens is 1010 g/mol. The van der Waals surface area contributed by atoms with E-state index in [2.05, 4.69) is 39.7 Å². The van der Waals surface area contributed by atoms with Gasteiger partial charge in [-0.05, 0) is 56.1 Å². The number of fused-ring (bicyclic) bond motifs is 3. The summed E-state index contributed by atoms with van der Waals surface area (Å²) < 4.78 is 46.9. The molecule has 2 aliphatic heterocycles. The largest absolute Gasteiger partial charge is 0.445 e. The minimum atomic E-state index is -4.52. The molecule has 3 aromatic heterocycles. The predicted octanol–water partition coefficient (Wildman–Crippen LogP) is 3.21. The fourth-order valence-corrected chi connectivity index (χ4v) is 7.76. The fraction of sp³-hybridized carbons (Fsp3) is 0.533. The van der Waals surface area contributed by atoms with Crippen LogP contribution in [0.1, 0.15) is 70.1 Å². The first kappa shape index (κ1) is 59.7. The van der Waals surface area contributed by atoms with Crippen LogP contribution in [0.15, 0.2) is 48.9 Å². The van der Waals surface area contributed by atoms with E-state index in [4.69, 9.17) is 18.5 Å². The Morgan fingerprint density at radius 2 is 1.66 bits per heavy atom. The van der Waals surface area contributed by atoms with Gasteiger partial charge in [0, 0.05) is 109 Å². The molecule has 2 aliphatic rings. The molecule has 21 nitrogen and oxygen atoms in total. The molecule has 4 unspecified atom stereocenters. The van der Waals surface area contributed by atoms with Crippen molar-refractivity contribution in [2.24, 2.45) is 11.7 Å². The van der Waals surface area contributed by atoms with E-state index in [1.807, 2.05) is 28.6 Å². The third kappa shape index (κ3) is 17.3. The van der Waals surface area contributed by atoms with Crippen molar-refractivity contribution in [1.29, 1.82) is 0 Å². The maximum absolute atomic E-state index is 13.6. The Kier molecular flexibility index (Phi) is 23.9. The Morgan fingerprint density at radius 1 is 0.986 bits per heavy atom. The summed E-state index contributed by atoms with van der Waals surface area (Å²) in [7, 11) is 9.88. The number of amides is 7. The van der Waals surface area contributed by atoms with Gasteiger partial charge in [-0.3, -0.25) is 28.3 Å². The number of nitrogens with two attached hydrogens (primary N) is 1. The molecule has 2 saturated heterocycles. The van der Waals surface area contributed by atoms with Gasteiger partial charge >= 0.3 is 24.3 Å². The second-order valence-electron chi connectivity index (χ2n) is 17.1. The second-order valence-corrected chi connectivity index (χ2v) is 17.1. The van der Waals surface area contributed by atoms with Crippen molar-refractivity contribution in [1.82, 2.24) is 54.4 Å². The number of nitrogens with zero attached hydrogens (tertiary/aromatic N) is 8. The Hall–Kier alpha value is -5.65. The third-order valence-electron chi connectivity index (χ3n) is 11.5. The number of carbonyl (C=O) groups excluding carboxylic acids is 7. The Morgan fingerprint density at radius 3 is 2.24 bits per heavy atom. The summed E-state index contributed by atoms with van der Waals surface area (Å²) in [4.78, 5) is 98.9. The Bertz CT molecular complexity index is 2430. The molecule has 26 heteroatoms. The van der Waals surface area contributed by atoms with E-state index in [9.17, 15) is 46.7 Å². The van der Waals surface area contributed by atoms with Crippen molar-refractivity contribution < 1.29 is 84.2 Å². The summed E-state index contributed by atoms with van der Waals surface area (Å²) in [5.74, 6) is -1.33. The maximum atomic E-state index is 13.6. The number of halogens is 3. The van der Waals surface area contributed by atoms with Crippen molar-refractivity contribution in [2.75, 3.05) is 72.3 Å². The van der Waals surface area contributed by atoms with E-state index in [1.165, 1.54) is 31.9 Å². The van der Waals surface area contributed by atoms with Crippen LogP contribution in [0, 0.1) is 5.92 Å². The van der Waals surface area contributed by atoms with E-state index >= 15 is 0 Å². The normalized spacial score (nSPS) is 16.9. The molecule has 4 aromatic rings. The Labute approximate surface area is 436 Å². The van der Waals surface area contributed by atoms with Crippen molar-refractivity contribution in [3.63, 3.8) is 0 Å². The summed E-state index contributed by atoms with van der Waals surface area (Å²) >= 11 is 0. The summed E-state index contributed by atoms with van der Waals surface area (Å²) in [6, 6.07) is 6.45. The van der Waals surface area contributed by atoms with Gasteiger partial charge in [-0.2, -0.15) is 13.2 Å². The van der Waals surface area contributed by atoms with Crippen LogP contribution < -0.4 is 26.9 Å². The van der Waals surface area contributed by atoms with Gasteiger partial charge in [-0.1, -0.05) is 45.7 Å². The topological polar surface area (TPSA) is 251 Å². The summed E-state index contributed by atoms with van der Waals surface area (Å²) in [5.41, 5.74) is 8.19. The van der Waals surface area contributed by atoms with Gasteiger partial charge in [0.2, 0.25) is 17.7 Å². The molecule has 0 bridgehead atoms. The number of urea groups is 1. The predicted molar refractivity (Wildman–Crippen MR) is 255 cm³/mol. The molecule has 383 valence electrons. The van der Waals surface area contributed by atoms with Crippen LogP contribution >= 0.6 is 0 Å². The molecule has 5 heterocycles. The number of anilines is 1. The van der Waals surface area contributed by atoms with Crippen molar-refractivity contribution in [2.45, 2.75) is 83.7 Å². The smallest absolute Gasteiger partial charge is 0.409 e. The van der Waals surface area contributed by atoms with Crippen molar-refractivity contribution in [3.8, 4) is 0 Å². The molecule has 2 fully saturated rings. The van der Waals surface area contributed by atoms with Gasteiger partial charge in [-0.25, -0.2) is 24.4 Å². The number of likely N-dealkylation sites (N-methyl/N-ethyl adjacent to an activating group) is 3. The summed E-state index contributed by atoms with van der Waals surface area (Å²) in [6.45, 7) is 6.30. The van der Waals surface area contributed by atoms with Gasteiger partial charge in [-0.15, -0.1) is 0 Å². The number of primary amides is 1. The minimum Gasteiger partial charge on any atom is -0.445 e. The minimum absolute atomic E-state index is 0. The van der Waals surface area contributed by atoms with E-state index in [1.54, 1.807) is 56.8 Å². The Balaban J connectivity index is 0.000000913. The van der Waals surface area contributed by atoms with Gasteiger partial charge in [0.1, 0.15) is 19.4 Å². The number of aromatic nitrogens is 4. The molecule has 6 N–H and O–H groups in total. The molecule has 0 saturated carbocycles. The zero-order valence-corrected chi connectivity index (χ0v) is 43.7.